The Kier molecular flexibility index (Phi) is 5.50. The summed E-state index contributed by atoms with van der Waals surface area (Å²) < 4.78 is 5.88. The van der Waals surface area contributed by atoms with Gasteiger partial charge in [0.25, 0.3) is 5.88 Å². The lowest BCUT2D eigenvalue weighted by atomic mass is 10.1. The molecule has 0 aliphatic carbocycles. The molecule has 1 aromatic heterocycles. The molecule has 3 aromatic rings. The Morgan fingerprint density at radius 3 is 2.71 bits per heavy atom. The van der Waals surface area contributed by atoms with Crippen LogP contribution in [-0.2, 0) is 6.61 Å². The predicted octanol–water partition coefficient (Wildman–Crippen LogP) is 3.44. The first-order valence-corrected chi connectivity index (χ1v) is 8.37. The Morgan fingerprint density at radius 1 is 1.21 bits per heavy atom. The summed E-state index contributed by atoms with van der Waals surface area (Å²) in [4.78, 5) is 27.4. The fourth-order valence-electron chi connectivity index (χ4n) is 2.60. The Labute approximate surface area is 159 Å². The number of aromatic hydroxyl groups is 1. The first-order valence-electron chi connectivity index (χ1n) is 8.37. The van der Waals surface area contributed by atoms with Gasteiger partial charge in [-0.05, 0) is 30.7 Å². The molecule has 0 amide bonds. The highest BCUT2D eigenvalue weighted by molar-refractivity contribution is 5.70. The third-order valence-electron chi connectivity index (χ3n) is 3.89. The fraction of sp³-hybridized carbons (Fsp3) is 0.100. The zero-order chi connectivity index (χ0) is 20.1. The van der Waals surface area contributed by atoms with Gasteiger partial charge in [0.2, 0.25) is 0 Å². The number of hydrogen-bond acceptors (Lipinski definition) is 6. The lowest BCUT2D eigenvalue weighted by Gasteiger charge is -2.09. The second-order valence-corrected chi connectivity index (χ2v) is 6.03. The standard InChI is InChI=1S/C20H17N3O5/c1-13-5-4-6-14(11-13)12-28-16-8-3-2-7-15(16)9-10-17-21-19(24)18(23(26)27)20(25)22-17/h2-11H,12H2,1H3,(H2,21,22,24,25)/b10-9-. The molecule has 1 heterocycles. The van der Waals surface area contributed by atoms with Crippen molar-refractivity contribution in [3.05, 3.63) is 91.5 Å². The summed E-state index contributed by atoms with van der Waals surface area (Å²) in [5, 5.41) is 20.3. The van der Waals surface area contributed by atoms with E-state index in [0.717, 1.165) is 16.7 Å². The highest BCUT2D eigenvalue weighted by atomic mass is 16.6. The van der Waals surface area contributed by atoms with Crippen molar-refractivity contribution < 1.29 is 14.8 Å². The maximum absolute atomic E-state index is 11.7. The Balaban J connectivity index is 1.81. The van der Waals surface area contributed by atoms with Crippen LogP contribution in [0.25, 0.3) is 12.2 Å². The van der Waals surface area contributed by atoms with Gasteiger partial charge in [-0.2, -0.15) is 4.98 Å². The van der Waals surface area contributed by atoms with Gasteiger partial charge in [0, 0.05) is 5.56 Å². The van der Waals surface area contributed by atoms with Crippen molar-refractivity contribution >= 4 is 17.8 Å². The summed E-state index contributed by atoms with van der Waals surface area (Å²) >= 11 is 0. The molecule has 0 bridgehead atoms. The summed E-state index contributed by atoms with van der Waals surface area (Å²) in [7, 11) is 0. The number of hydrogen-bond donors (Lipinski definition) is 2. The summed E-state index contributed by atoms with van der Waals surface area (Å²) in [5.74, 6) is -0.326. The number of nitrogens with one attached hydrogen (secondary N) is 1. The monoisotopic (exact) mass is 379 g/mol. The van der Waals surface area contributed by atoms with E-state index in [9.17, 15) is 20.0 Å². The minimum absolute atomic E-state index is 0.0124. The third kappa shape index (κ3) is 4.42. The number of ether oxygens (including phenoxy) is 1. The van der Waals surface area contributed by atoms with E-state index in [-0.39, 0.29) is 5.82 Å². The molecular formula is C20H17N3O5. The van der Waals surface area contributed by atoms with E-state index in [1.165, 1.54) is 6.08 Å². The molecular weight excluding hydrogens is 362 g/mol. The smallest absolute Gasteiger partial charge is 0.395 e. The molecule has 8 nitrogen and oxygen atoms in total. The Morgan fingerprint density at radius 2 is 2.00 bits per heavy atom. The van der Waals surface area contributed by atoms with Crippen LogP contribution in [0, 0.1) is 17.0 Å². The minimum Gasteiger partial charge on any atom is -0.488 e. The zero-order valence-corrected chi connectivity index (χ0v) is 15.0. The average molecular weight is 379 g/mol. The first kappa shape index (κ1) is 18.8. The molecule has 3 rings (SSSR count). The SMILES string of the molecule is Cc1cccc(COc2ccccc2/C=C\c2nc(O)c([N+](=O)[O-])c(=O)[nH]2)c1. The van der Waals surface area contributed by atoms with Gasteiger partial charge in [0.05, 0.1) is 4.92 Å². The molecule has 0 radical (unpaired) electrons. The van der Waals surface area contributed by atoms with Crippen LogP contribution in [0.3, 0.4) is 0 Å². The lowest BCUT2D eigenvalue weighted by molar-refractivity contribution is -0.387. The normalized spacial score (nSPS) is 10.9. The molecule has 2 aromatic carbocycles. The van der Waals surface area contributed by atoms with Crippen LogP contribution in [0.1, 0.15) is 22.5 Å². The van der Waals surface area contributed by atoms with Gasteiger partial charge in [-0.15, -0.1) is 0 Å². The van der Waals surface area contributed by atoms with E-state index in [4.69, 9.17) is 4.74 Å². The van der Waals surface area contributed by atoms with Crippen molar-refractivity contribution in [2.24, 2.45) is 0 Å². The number of aromatic nitrogens is 2. The number of nitro groups is 1. The van der Waals surface area contributed by atoms with Crippen LogP contribution in [0.5, 0.6) is 11.6 Å². The number of aromatic amines is 1. The fourth-order valence-corrected chi connectivity index (χ4v) is 2.60. The van der Waals surface area contributed by atoms with Crippen molar-refractivity contribution in [2.45, 2.75) is 13.5 Å². The quantitative estimate of drug-likeness (QED) is 0.500. The van der Waals surface area contributed by atoms with Crippen molar-refractivity contribution in [3.63, 3.8) is 0 Å². The highest BCUT2D eigenvalue weighted by Crippen LogP contribution is 2.22. The molecule has 0 spiro atoms. The Bertz CT molecular complexity index is 1100. The second kappa shape index (κ2) is 8.17. The van der Waals surface area contributed by atoms with Crippen LogP contribution in [0.4, 0.5) is 5.69 Å². The molecule has 0 unspecified atom stereocenters. The third-order valence-corrected chi connectivity index (χ3v) is 3.89. The zero-order valence-electron chi connectivity index (χ0n) is 15.0. The van der Waals surface area contributed by atoms with Crippen molar-refractivity contribution in [3.8, 4) is 11.6 Å². The van der Waals surface area contributed by atoms with E-state index in [0.29, 0.717) is 12.4 Å². The van der Waals surface area contributed by atoms with E-state index >= 15 is 0 Å². The summed E-state index contributed by atoms with van der Waals surface area (Å²) in [6.07, 6.45) is 3.06. The van der Waals surface area contributed by atoms with Crippen LogP contribution >= 0.6 is 0 Å². The number of nitrogens with zero attached hydrogens (tertiary/aromatic N) is 2. The van der Waals surface area contributed by atoms with E-state index in [1.54, 1.807) is 12.1 Å². The van der Waals surface area contributed by atoms with Crippen molar-refractivity contribution in [1.82, 2.24) is 9.97 Å². The number of para-hydroxylation sites is 1. The molecule has 0 saturated heterocycles. The number of H-pyrrole nitrogens is 1. The van der Waals surface area contributed by atoms with Crippen LogP contribution in [0.15, 0.2) is 53.3 Å². The van der Waals surface area contributed by atoms with Gasteiger partial charge in [-0.3, -0.25) is 14.9 Å². The van der Waals surface area contributed by atoms with Gasteiger partial charge < -0.3 is 14.8 Å². The van der Waals surface area contributed by atoms with E-state index < -0.39 is 22.0 Å². The van der Waals surface area contributed by atoms with Gasteiger partial charge >= 0.3 is 11.2 Å². The minimum atomic E-state index is -1.03. The molecule has 2 N–H and O–H groups in total. The van der Waals surface area contributed by atoms with Gasteiger partial charge in [-0.25, -0.2) is 0 Å². The molecule has 0 atom stereocenters. The molecule has 28 heavy (non-hydrogen) atoms. The summed E-state index contributed by atoms with van der Waals surface area (Å²) in [6.45, 7) is 2.40. The van der Waals surface area contributed by atoms with Crippen molar-refractivity contribution in [2.75, 3.05) is 0 Å². The van der Waals surface area contributed by atoms with Crippen molar-refractivity contribution in [1.29, 1.82) is 0 Å². The second-order valence-electron chi connectivity index (χ2n) is 6.03. The number of rotatable bonds is 6. The topological polar surface area (TPSA) is 118 Å². The number of benzene rings is 2. The molecule has 0 fully saturated rings. The molecule has 142 valence electrons. The molecule has 0 aliphatic rings. The highest BCUT2D eigenvalue weighted by Gasteiger charge is 2.21. The summed E-state index contributed by atoms with van der Waals surface area (Å²) in [5.41, 5.74) is 0.878. The number of aryl methyl sites for hydroxylation is 1. The van der Waals surface area contributed by atoms with Gasteiger partial charge in [0.1, 0.15) is 18.2 Å². The van der Waals surface area contributed by atoms with Crippen LogP contribution in [-0.4, -0.2) is 20.0 Å². The maximum atomic E-state index is 11.7. The first-order chi connectivity index (χ1) is 13.4. The van der Waals surface area contributed by atoms with Gasteiger partial charge in [-0.1, -0.05) is 48.0 Å². The molecule has 0 saturated carbocycles. The summed E-state index contributed by atoms with van der Waals surface area (Å²) in [6, 6.07) is 15.2. The average Bonchev–Trinajstić information content (AvgIpc) is 2.64. The largest absolute Gasteiger partial charge is 0.488 e. The van der Waals surface area contributed by atoms with Gasteiger partial charge in [0.15, 0.2) is 0 Å². The van der Waals surface area contributed by atoms with Crippen LogP contribution < -0.4 is 10.3 Å². The molecule has 8 heteroatoms. The van der Waals surface area contributed by atoms with Crippen LogP contribution in [0.2, 0.25) is 0 Å². The lowest BCUT2D eigenvalue weighted by Crippen LogP contribution is -2.14. The maximum Gasteiger partial charge on any atom is 0.395 e. The Hall–Kier alpha value is -3.94. The molecule has 0 aliphatic heterocycles. The van der Waals surface area contributed by atoms with E-state index in [2.05, 4.69) is 9.97 Å². The van der Waals surface area contributed by atoms with E-state index in [1.807, 2.05) is 49.4 Å². The predicted molar refractivity (Wildman–Crippen MR) is 104 cm³/mol.